The van der Waals surface area contributed by atoms with Gasteiger partial charge in [-0.25, -0.2) is 9.97 Å². The first-order valence-corrected chi connectivity index (χ1v) is 13.8. The van der Waals surface area contributed by atoms with Gasteiger partial charge in [0.05, 0.1) is 22.5 Å². The summed E-state index contributed by atoms with van der Waals surface area (Å²) in [6.45, 7) is 6.58. The molecule has 0 radical (unpaired) electrons. The summed E-state index contributed by atoms with van der Waals surface area (Å²) < 4.78 is 5.82. The Bertz CT molecular complexity index is 1440. The maximum atomic E-state index is 13.3. The fourth-order valence-corrected chi connectivity index (χ4v) is 5.98. The quantitative estimate of drug-likeness (QED) is 0.500. The molecule has 1 saturated heterocycles. The van der Waals surface area contributed by atoms with Gasteiger partial charge in [-0.2, -0.15) is 0 Å². The number of carbonyl (C=O) groups is 2. The van der Waals surface area contributed by atoms with E-state index in [0.717, 1.165) is 30.4 Å². The van der Waals surface area contributed by atoms with Crippen LogP contribution in [0.15, 0.2) is 48.7 Å². The minimum Gasteiger partial charge on any atom is -0.375 e. The number of amides is 2. The highest BCUT2D eigenvalue weighted by Crippen LogP contribution is 2.32. The van der Waals surface area contributed by atoms with Gasteiger partial charge in [0, 0.05) is 43.4 Å². The zero-order valence-electron chi connectivity index (χ0n) is 22.2. The van der Waals surface area contributed by atoms with Crippen molar-refractivity contribution in [1.29, 1.82) is 0 Å². The number of carbonyl (C=O) groups excluding carboxylic acids is 2. The molecular formula is C30H32ClN5O3. The van der Waals surface area contributed by atoms with E-state index in [2.05, 4.69) is 36.3 Å². The number of halogens is 1. The number of nitrogens with zero attached hydrogens (tertiary/aromatic N) is 4. The molecule has 0 saturated carbocycles. The monoisotopic (exact) mass is 545 g/mol. The molecule has 3 aliphatic rings. The van der Waals surface area contributed by atoms with Crippen LogP contribution in [-0.2, 0) is 29.0 Å². The molecule has 0 spiro atoms. The van der Waals surface area contributed by atoms with Crippen LogP contribution in [0.3, 0.4) is 0 Å². The third-order valence-corrected chi connectivity index (χ3v) is 8.12. The molecule has 4 heterocycles. The van der Waals surface area contributed by atoms with Crippen molar-refractivity contribution >= 4 is 29.4 Å². The molecule has 3 aromatic rings. The lowest BCUT2D eigenvalue weighted by Crippen LogP contribution is -2.42. The van der Waals surface area contributed by atoms with E-state index in [1.54, 1.807) is 11.1 Å². The summed E-state index contributed by atoms with van der Waals surface area (Å²) in [4.78, 5) is 39.0. The van der Waals surface area contributed by atoms with E-state index in [-0.39, 0.29) is 30.0 Å². The van der Waals surface area contributed by atoms with Crippen molar-refractivity contribution < 1.29 is 14.3 Å². The highest BCUT2D eigenvalue weighted by molar-refractivity contribution is 6.33. The van der Waals surface area contributed by atoms with Crippen LogP contribution in [0.1, 0.15) is 53.7 Å². The lowest BCUT2D eigenvalue weighted by molar-refractivity contribution is -0.132. The summed E-state index contributed by atoms with van der Waals surface area (Å²) in [5, 5.41) is 3.84. The topological polar surface area (TPSA) is 87.7 Å². The SMILES string of the molecule is CC1(C)CC(Nc2ncc(Cl)c(-c3ccc4c(c3)C(=O)N(CC(=O)N3CCc5ccccc5C3)C4)n2)CCO1. The van der Waals surface area contributed by atoms with Gasteiger partial charge in [0.15, 0.2) is 0 Å². The second-order valence-corrected chi connectivity index (χ2v) is 11.6. The smallest absolute Gasteiger partial charge is 0.254 e. The number of aromatic nitrogens is 2. The van der Waals surface area contributed by atoms with Crippen molar-refractivity contribution in [1.82, 2.24) is 19.8 Å². The summed E-state index contributed by atoms with van der Waals surface area (Å²) in [6.07, 6.45) is 4.15. The minimum absolute atomic E-state index is 0.0308. The van der Waals surface area contributed by atoms with E-state index in [9.17, 15) is 9.59 Å². The van der Waals surface area contributed by atoms with Gasteiger partial charge in [0.25, 0.3) is 5.91 Å². The van der Waals surface area contributed by atoms with Crippen molar-refractivity contribution in [3.63, 3.8) is 0 Å². The molecule has 2 aromatic carbocycles. The van der Waals surface area contributed by atoms with Crippen LogP contribution in [0.4, 0.5) is 5.95 Å². The summed E-state index contributed by atoms with van der Waals surface area (Å²) in [6, 6.07) is 14.1. The van der Waals surface area contributed by atoms with Gasteiger partial charge in [0.1, 0.15) is 6.54 Å². The molecule has 0 bridgehead atoms. The average molecular weight is 546 g/mol. The first-order valence-electron chi connectivity index (χ1n) is 13.5. The van der Waals surface area contributed by atoms with Crippen molar-refractivity contribution in [3.8, 4) is 11.3 Å². The molecule has 1 atom stereocenters. The predicted molar refractivity (Wildman–Crippen MR) is 149 cm³/mol. The maximum absolute atomic E-state index is 13.3. The number of rotatable bonds is 5. The number of benzene rings is 2. The van der Waals surface area contributed by atoms with E-state index >= 15 is 0 Å². The van der Waals surface area contributed by atoms with Gasteiger partial charge in [-0.1, -0.05) is 48.0 Å². The average Bonchev–Trinajstić information content (AvgIpc) is 3.23. The normalized spacial score (nSPS) is 20.0. The number of fused-ring (bicyclic) bond motifs is 2. The lowest BCUT2D eigenvalue weighted by atomic mass is 9.94. The van der Waals surface area contributed by atoms with Crippen molar-refractivity contribution in [2.45, 2.75) is 57.8 Å². The summed E-state index contributed by atoms with van der Waals surface area (Å²) >= 11 is 6.51. The Labute approximate surface area is 233 Å². The molecule has 1 N–H and O–H groups in total. The molecule has 39 heavy (non-hydrogen) atoms. The Kier molecular flexibility index (Phi) is 6.77. The second-order valence-electron chi connectivity index (χ2n) is 11.2. The molecule has 202 valence electrons. The Morgan fingerprint density at radius 2 is 1.97 bits per heavy atom. The van der Waals surface area contributed by atoms with Gasteiger partial charge in [0.2, 0.25) is 11.9 Å². The van der Waals surface area contributed by atoms with Crippen LogP contribution < -0.4 is 5.32 Å². The first-order chi connectivity index (χ1) is 18.8. The number of hydrogen-bond donors (Lipinski definition) is 1. The lowest BCUT2D eigenvalue weighted by Gasteiger charge is -2.35. The van der Waals surface area contributed by atoms with Crippen LogP contribution >= 0.6 is 11.6 Å². The van der Waals surface area contributed by atoms with Crippen LogP contribution in [-0.4, -0.2) is 62.9 Å². The van der Waals surface area contributed by atoms with E-state index < -0.39 is 0 Å². The molecule has 1 fully saturated rings. The second kappa shape index (κ2) is 10.2. The largest absolute Gasteiger partial charge is 0.375 e. The van der Waals surface area contributed by atoms with E-state index in [1.165, 1.54) is 11.1 Å². The van der Waals surface area contributed by atoms with E-state index in [1.807, 2.05) is 35.2 Å². The fraction of sp³-hybridized carbons (Fsp3) is 0.400. The third kappa shape index (κ3) is 5.36. The van der Waals surface area contributed by atoms with Crippen LogP contribution in [0.25, 0.3) is 11.3 Å². The summed E-state index contributed by atoms with van der Waals surface area (Å²) in [5.74, 6) is 0.321. The molecule has 3 aliphatic heterocycles. The Balaban J connectivity index is 1.16. The zero-order valence-corrected chi connectivity index (χ0v) is 23.0. The highest BCUT2D eigenvalue weighted by Gasteiger charge is 2.32. The zero-order chi connectivity index (χ0) is 27.1. The minimum atomic E-state index is -0.197. The predicted octanol–water partition coefficient (Wildman–Crippen LogP) is 4.71. The molecule has 1 unspecified atom stereocenters. The van der Waals surface area contributed by atoms with Gasteiger partial charge in [-0.15, -0.1) is 0 Å². The fourth-order valence-electron chi connectivity index (χ4n) is 5.78. The van der Waals surface area contributed by atoms with Crippen LogP contribution in [0.5, 0.6) is 0 Å². The maximum Gasteiger partial charge on any atom is 0.254 e. The van der Waals surface area contributed by atoms with E-state index in [0.29, 0.717) is 48.5 Å². The standard InChI is InChI=1S/C30H32ClN5O3/c1-30(2)14-23(10-12-39-30)33-29-32-15-25(31)27(34-29)20-7-8-22-17-36(28(38)24(22)13-20)18-26(37)35-11-9-19-5-3-4-6-21(19)16-35/h3-8,13,15,23H,9-12,14,16-18H2,1-2H3,(H,32,33,34). The summed E-state index contributed by atoms with van der Waals surface area (Å²) in [5.41, 5.74) is 5.06. The highest BCUT2D eigenvalue weighted by atomic mass is 35.5. The third-order valence-electron chi connectivity index (χ3n) is 7.85. The van der Waals surface area contributed by atoms with Crippen molar-refractivity contribution in [3.05, 3.63) is 75.9 Å². The van der Waals surface area contributed by atoms with Crippen molar-refractivity contribution in [2.75, 3.05) is 25.0 Å². The van der Waals surface area contributed by atoms with Gasteiger partial charge < -0.3 is 19.9 Å². The van der Waals surface area contributed by atoms with Gasteiger partial charge in [-0.3, -0.25) is 9.59 Å². The van der Waals surface area contributed by atoms with Crippen molar-refractivity contribution in [2.24, 2.45) is 0 Å². The molecule has 9 heteroatoms. The number of nitrogens with one attached hydrogen (secondary N) is 1. The molecule has 2 amide bonds. The summed E-state index contributed by atoms with van der Waals surface area (Å²) in [7, 11) is 0. The number of anilines is 1. The van der Waals surface area contributed by atoms with Gasteiger partial charge >= 0.3 is 0 Å². The first kappa shape index (κ1) is 25.8. The van der Waals surface area contributed by atoms with Gasteiger partial charge in [-0.05, 0) is 55.9 Å². The molecule has 6 rings (SSSR count). The molecule has 1 aromatic heterocycles. The van der Waals surface area contributed by atoms with E-state index in [4.69, 9.17) is 21.3 Å². The van der Waals surface area contributed by atoms with Crippen LogP contribution in [0.2, 0.25) is 5.02 Å². The number of hydrogen-bond acceptors (Lipinski definition) is 6. The molecule has 0 aliphatic carbocycles. The molecule has 8 nitrogen and oxygen atoms in total. The Hall–Kier alpha value is -3.49. The van der Waals surface area contributed by atoms with Crippen LogP contribution in [0, 0.1) is 0 Å². The molecular weight excluding hydrogens is 514 g/mol. The Morgan fingerprint density at radius 3 is 2.79 bits per heavy atom. The number of ether oxygens (including phenoxy) is 1. The Morgan fingerprint density at radius 1 is 1.15 bits per heavy atom.